The molecular weight excluding hydrogens is 382 g/mol. The van der Waals surface area contributed by atoms with E-state index in [2.05, 4.69) is 11.4 Å². The van der Waals surface area contributed by atoms with Gasteiger partial charge >= 0.3 is 6.09 Å². The molecule has 2 amide bonds. The maximum Gasteiger partial charge on any atom is 0.407 e. The van der Waals surface area contributed by atoms with Crippen LogP contribution in [0.3, 0.4) is 0 Å². The van der Waals surface area contributed by atoms with Gasteiger partial charge in [-0.3, -0.25) is 4.79 Å². The highest BCUT2D eigenvalue weighted by Crippen LogP contribution is 2.37. The molecule has 3 heterocycles. The number of hydrogen-bond donors (Lipinski definition) is 2. The lowest BCUT2D eigenvalue weighted by Gasteiger charge is -2.23. The summed E-state index contributed by atoms with van der Waals surface area (Å²) in [5, 5.41) is 21.8. The number of benzene rings is 1. The van der Waals surface area contributed by atoms with Gasteiger partial charge in [-0.25, -0.2) is 4.79 Å². The lowest BCUT2D eigenvalue weighted by molar-refractivity contribution is -0.111. The van der Waals surface area contributed by atoms with Crippen LogP contribution in [0.1, 0.15) is 21.6 Å². The zero-order chi connectivity index (χ0) is 19.7. The van der Waals surface area contributed by atoms with Gasteiger partial charge < -0.3 is 24.8 Å². The second-order valence-corrected chi connectivity index (χ2v) is 7.31. The Labute approximate surface area is 164 Å². The van der Waals surface area contributed by atoms with Crippen LogP contribution in [-0.4, -0.2) is 35.3 Å². The summed E-state index contributed by atoms with van der Waals surface area (Å²) < 4.78 is 10.6. The molecule has 2 aromatic rings. The Morgan fingerprint density at radius 3 is 2.93 bits per heavy atom. The third-order valence-electron chi connectivity index (χ3n) is 4.50. The lowest BCUT2D eigenvalue weighted by Crippen LogP contribution is -2.34. The van der Waals surface area contributed by atoms with Gasteiger partial charge in [-0.2, -0.15) is 5.26 Å². The SMILES string of the molecule is N#Cc1c(NC(=O)C=Cc2ccc3c(c2)OCO3)sc2c1CCN(C(=O)O)C2. The molecule has 0 saturated heterocycles. The van der Waals surface area contributed by atoms with Gasteiger partial charge in [0.25, 0.3) is 0 Å². The van der Waals surface area contributed by atoms with Gasteiger partial charge in [-0.15, -0.1) is 11.3 Å². The Hall–Kier alpha value is -3.51. The molecule has 0 unspecified atom stereocenters. The van der Waals surface area contributed by atoms with Crippen LogP contribution in [0.2, 0.25) is 0 Å². The largest absolute Gasteiger partial charge is 0.465 e. The molecule has 1 aromatic carbocycles. The third-order valence-corrected chi connectivity index (χ3v) is 5.63. The Morgan fingerprint density at radius 1 is 1.32 bits per heavy atom. The molecular formula is C19H15N3O5S. The van der Waals surface area contributed by atoms with E-state index in [-0.39, 0.29) is 19.2 Å². The molecule has 0 spiro atoms. The molecule has 8 nitrogen and oxygen atoms in total. The number of carbonyl (C=O) groups is 2. The predicted molar refractivity (Wildman–Crippen MR) is 101 cm³/mol. The second kappa shape index (κ2) is 7.25. The van der Waals surface area contributed by atoms with Crippen molar-refractivity contribution in [1.82, 2.24) is 4.90 Å². The molecule has 1 aromatic heterocycles. The van der Waals surface area contributed by atoms with Crippen LogP contribution in [0.4, 0.5) is 9.80 Å². The van der Waals surface area contributed by atoms with E-state index in [9.17, 15) is 14.9 Å². The smallest absolute Gasteiger partial charge is 0.407 e. The summed E-state index contributed by atoms with van der Waals surface area (Å²) in [6, 6.07) is 7.49. The number of carbonyl (C=O) groups excluding carboxylic acids is 1. The zero-order valence-electron chi connectivity index (χ0n) is 14.6. The highest BCUT2D eigenvalue weighted by molar-refractivity contribution is 7.16. The Kier molecular flexibility index (Phi) is 4.63. The molecule has 0 saturated carbocycles. The summed E-state index contributed by atoms with van der Waals surface area (Å²) in [6.45, 7) is 0.750. The average Bonchev–Trinajstić information content (AvgIpc) is 3.28. The third kappa shape index (κ3) is 3.37. The van der Waals surface area contributed by atoms with Gasteiger partial charge in [-0.05, 0) is 35.8 Å². The molecule has 0 radical (unpaired) electrons. The first-order valence-electron chi connectivity index (χ1n) is 8.46. The summed E-state index contributed by atoms with van der Waals surface area (Å²) >= 11 is 1.24. The van der Waals surface area contributed by atoms with E-state index in [4.69, 9.17) is 14.6 Å². The van der Waals surface area contributed by atoms with E-state index in [0.29, 0.717) is 35.0 Å². The number of nitrogens with zero attached hydrogens (tertiary/aromatic N) is 2. The predicted octanol–water partition coefficient (Wildman–Crippen LogP) is 3.04. The van der Waals surface area contributed by atoms with E-state index < -0.39 is 6.09 Å². The Bertz CT molecular complexity index is 1040. The van der Waals surface area contributed by atoms with Crippen LogP contribution >= 0.6 is 11.3 Å². The van der Waals surface area contributed by atoms with E-state index in [1.165, 1.54) is 22.3 Å². The van der Waals surface area contributed by atoms with Crippen molar-refractivity contribution in [2.45, 2.75) is 13.0 Å². The monoisotopic (exact) mass is 397 g/mol. The number of hydrogen-bond acceptors (Lipinski definition) is 6. The molecule has 2 aliphatic rings. The van der Waals surface area contributed by atoms with Crippen molar-refractivity contribution in [1.29, 1.82) is 5.26 Å². The molecule has 9 heteroatoms. The number of ether oxygens (including phenoxy) is 2. The quantitative estimate of drug-likeness (QED) is 0.770. The molecule has 2 aliphatic heterocycles. The maximum atomic E-state index is 12.3. The number of nitriles is 1. The van der Waals surface area contributed by atoms with E-state index in [0.717, 1.165) is 16.0 Å². The van der Waals surface area contributed by atoms with E-state index in [1.807, 2.05) is 6.07 Å². The van der Waals surface area contributed by atoms with E-state index in [1.54, 1.807) is 18.2 Å². The van der Waals surface area contributed by atoms with Crippen molar-refractivity contribution < 1.29 is 24.2 Å². The zero-order valence-corrected chi connectivity index (χ0v) is 15.4. The highest BCUT2D eigenvalue weighted by atomic mass is 32.1. The molecule has 0 aliphatic carbocycles. The van der Waals surface area contributed by atoms with Crippen molar-refractivity contribution in [3.05, 3.63) is 45.8 Å². The Morgan fingerprint density at radius 2 is 2.14 bits per heavy atom. The van der Waals surface area contributed by atoms with Gasteiger partial charge in [0.05, 0.1) is 12.1 Å². The maximum absolute atomic E-state index is 12.3. The van der Waals surface area contributed by atoms with Crippen LogP contribution in [0, 0.1) is 11.3 Å². The van der Waals surface area contributed by atoms with Crippen LogP contribution in [-0.2, 0) is 17.8 Å². The van der Waals surface area contributed by atoms with Gasteiger partial charge in [0.1, 0.15) is 11.1 Å². The van der Waals surface area contributed by atoms with Crippen molar-refractivity contribution in [2.24, 2.45) is 0 Å². The van der Waals surface area contributed by atoms with Gasteiger partial charge in [0, 0.05) is 17.5 Å². The number of anilines is 1. The van der Waals surface area contributed by atoms with Crippen LogP contribution in [0.15, 0.2) is 24.3 Å². The van der Waals surface area contributed by atoms with Crippen molar-refractivity contribution in [2.75, 3.05) is 18.7 Å². The van der Waals surface area contributed by atoms with Crippen LogP contribution in [0.5, 0.6) is 11.5 Å². The van der Waals surface area contributed by atoms with E-state index >= 15 is 0 Å². The molecule has 0 atom stereocenters. The summed E-state index contributed by atoms with van der Waals surface area (Å²) in [4.78, 5) is 25.6. The minimum absolute atomic E-state index is 0.183. The summed E-state index contributed by atoms with van der Waals surface area (Å²) in [7, 11) is 0. The minimum atomic E-state index is -0.991. The second-order valence-electron chi connectivity index (χ2n) is 6.21. The average molecular weight is 397 g/mol. The molecule has 142 valence electrons. The molecule has 0 fully saturated rings. The van der Waals surface area contributed by atoms with Gasteiger partial charge in [0.2, 0.25) is 12.7 Å². The first-order chi connectivity index (χ1) is 13.5. The van der Waals surface area contributed by atoms with Gasteiger partial charge in [-0.1, -0.05) is 6.07 Å². The van der Waals surface area contributed by atoms with Crippen LogP contribution in [0.25, 0.3) is 6.08 Å². The Balaban J connectivity index is 1.49. The fourth-order valence-corrected chi connectivity index (χ4v) is 4.33. The molecule has 2 N–H and O–H groups in total. The molecule has 4 rings (SSSR count). The fourth-order valence-electron chi connectivity index (χ4n) is 3.12. The summed E-state index contributed by atoms with van der Waals surface area (Å²) in [6.07, 6.45) is 2.49. The standard InChI is InChI=1S/C19H15N3O5S/c20-8-13-12-5-6-22(19(24)25)9-16(12)28-18(13)21-17(23)4-2-11-1-3-14-15(7-11)27-10-26-14/h1-4,7H,5-6,9-10H2,(H,21,23)(H,24,25). The van der Waals surface area contributed by atoms with Crippen molar-refractivity contribution >= 4 is 34.4 Å². The number of fused-ring (bicyclic) bond motifs is 2. The number of carboxylic acid groups (broad SMARTS) is 1. The highest BCUT2D eigenvalue weighted by Gasteiger charge is 2.27. The number of nitrogens with one attached hydrogen (secondary N) is 1. The van der Waals surface area contributed by atoms with Crippen LogP contribution < -0.4 is 14.8 Å². The first-order valence-corrected chi connectivity index (χ1v) is 9.28. The summed E-state index contributed by atoms with van der Waals surface area (Å²) in [5.74, 6) is 0.922. The van der Waals surface area contributed by atoms with Crippen molar-refractivity contribution in [3.63, 3.8) is 0 Å². The lowest BCUT2D eigenvalue weighted by atomic mass is 10.0. The van der Waals surface area contributed by atoms with Crippen molar-refractivity contribution in [3.8, 4) is 17.6 Å². The topological polar surface area (TPSA) is 112 Å². The fraction of sp³-hybridized carbons (Fsp3) is 0.211. The molecule has 0 bridgehead atoms. The summed E-state index contributed by atoms with van der Waals surface area (Å²) in [5.41, 5.74) is 2.01. The van der Waals surface area contributed by atoms with Gasteiger partial charge in [0.15, 0.2) is 11.5 Å². The molecule has 28 heavy (non-hydrogen) atoms. The first kappa shape index (κ1) is 17.9. The normalized spacial score (nSPS) is 14.6. The number of thiophene rings is 1. The number of amides is 2. The number of rotatable bonds is 3. The minimum Gasteiger partial charge on any atom is -0.465 e.